The molecule has 0 bridgehead atoms. The van der Waals surface area contributed by atoms with E-state index in [2.05, 4.69) is 67.1 Å². The van der Waals surface area contributed by atoms with Crippen molar-refractivity contribution in [1.29, 1.82) is 0 Å². The second kappa shape index (κ2) is 7.45. The summed E-state index contributed by atoms with van der Waals surface area (Å²) >= 11 is 0. The molecule has 6 nitrogen and oxygen atoms in total. The molecular weight excluding hydrogens is 340 g/mol. The minimum atomic E-state index is -0.421. The molecule has 3 rings (SSSR count). The zero-order valence-corrected chi connectivity index (χ0v) is 15.9. The first-order valence-electron chi connectivity index (χ1n) is 8.67. The summed E-state index contributed by atoms with van der Waals surface area (Å²) in [4.78, 5) is 10.3. The fourth-order valence-electron chi connectivity index (χ4n) is 3.25. The van der Waals surface area contributed by atoms with Gasteiger partial charge in [0.15, 0.2) is 0 Å². The molecule has 0 spiro atoms. The van der Waals surface area contributed by atoms with Gasteiger partial charge >= 0.3 is 0 Å². The van der Waals surface area contributed by atoms with Crippen molar-refractivity contribution in [3.63, 3.8) is 0 Å². The van der Waals surface area contributed by atoms with Gasteiger partial charge in [0.05, 0.1) is 22.5 Å². The van der Waals surface area contributed by atoms with E-state index in [0.29, 0.717) is 5.69 Å². The normalized spacial score (nSPS) is 11.1. The number of non-ortho nitro benzene ring substituents is 1. The highest BCUT2D eigenvalue weighted by atomic mass is 16.6. The fourth-order valence-corrected chi connectivity index (χ4v) is 3.25. The van der Waals surface area contributed by atoms with E-state index in [0.717, 1.165) is 17.0 Å². The van der Waals surface area contributed by atoms with Gasteiger partial charge < -0.3 is 4.57 Å². The quantitative estimate of drug-likeness (QED) is 0.391. The molecule has 0 radical (unpaired) electrons. The molecule has 27 heavy (non-hydrogen) atoms. The van der Waals surface area contributed by atoms with Gasteiger partial charge in [0, 0.05) is 29.1 Å². The van der Waals surface area contributed by atoms with Crippen LogP contribution in [0.5, 0.6) is 0 Å². The standard InChI is InChI=1S/C21H22N4O2/c1-14-6-5-7-15(2)21(14)24-16(3)12-18(17(24)4)13-22-23-19-8-10-20(11-9-19)25(26)27/h5-13,23H,1-4H3/b22-13+. The summed E-state index contributed by atoms with van der Waals surface area (Å²) in [6.07, 6.45) is 1.77. The lowest BCUT2D eigenvalue weighted by atomic mass is 10.1. The molecule has 0 saturated carbocycles. The molecule has 0 atom stereocenters. The molecule has 3 aromatic rings. The number of nitrogens with zero attached hydrogens (tertiary/aromatic N) is 3. The lowest BCUT2D eigenvalue weighted by Gasteiger charge is -2.15. The Morgan fingerprint density at radius 2 is 1.67 bits per heavy atom. The maximum Gasteiger partial charge on any atom is 0.269 e. The van der Waals surface area contributed by atoms with Crippen LogP contribution >= 0.6 is 0 Å². The minimum Gasteiger partial charge on any atom is -0.317 e. The number of hydrazone groups is 1. The monoisotopic (exact) mass is 362 g/mol. The maximum atomic E-state index is 10.7. The van der Waals surface area contributed by atoms with Gasteiger partial charge in [-0.1, -0.05) is 18.2 Å². The number of anilines is 1. The summed E-state index contributed by atoms with van der Waals surface area (Å²) in [5.41, 5.74) is 10.6. The van der Waals surface area contributed by atoms with E-state index in [9.17, 15) is 10.1 Å². The predicted molar refractivity (Wildman–Crippen MR) is 109 cm³/mol. The lowest BCUT2D eigenvalue weighted by molar-refractivity contribution is -0.384. The Kier molecular flexibility index (Phi) is 5.07. The van der Waals surface area contributed by atoms with Gasteiger partial charge in [0.25, 0.3) is 5.69 Å². The topological polar surface area (TPSA) is 72.5 Å². The van der Waals surface area contributed by atoms with Crippen LogP contribution in [0, 0.1) is 37.8 Å². The van der Waals surface area contributed by atoms with Crippen molar-refractivity contribution < 1.29 is 4.92 Å². The number of nitrogens with one attached hydrogen (secondary N) is 1. The third kappa shape index (κ3) is 3.74. The summed E-state index contributed by atoms with van der Waals surface area (Å²) < 4.78 is 2.25. The van der Waals surface area contributed by atoms with E-state index in [1.54, 1.807) is 18.3 Å². The first kappa shape index (κ1) is 18.4. The number of nitro groups is 1. The van der Waals surface area contributed by atoms with Crippen molar-refractivity contribution in [2.75, 3.05) is 5.43 Å². The molecular formula is C21H22N4O2. The molecule has 0 aliphatic rings. The van der Waals surface area contributed by atoms with Crippen LogP contribution < -0.4 is 5.43 Å². The Hall–Kier alpha value is -3.41. The van der Waals surface area contributed by atoms with Crippen LogP contribution in [0.3, 0.4) is 0 Å². The van der Waals surface area contributed by atoms with Crippen molar-refractivity contribution in [1.82, 2.24) is 4.57 Å². The highest BCUT2D eigenvalue weighted by Gasteiger charge is 2.13. The molecule has 2 aromatic carbocycles. The third-order valence-electron chi connectivity index (χ3n) is 4.61. The van der Waals surface area contributed by atoms with Crippen molar-refractivity contribution >= 4 is 17.6 Å². The van der Waals surface area contributed by atoms with Crippen molar-refractivity contribution in [3.8, 4) is 5.69 Å². The smallest absolute Gasteiger partial charge is 0.269 e. The van der Waals surface area contributed by atoms with Gasteiger partial charge in [0.1, 0.15) is 0 Å². The van der Waals surface area contributed by atoms with E-state index < -0.39 is 4.92 Å². The number of nitro benzene ring substituents is 1. The van der Waals surface area contributed by atoms with Gasteiger partial charge in [-0.3, -0.25) is 15.5 Å². The minimum absolute atomic E-state index is 0.0571. The number of aryl methyl sites for hydroxylation is 3. The molecule has 0 fully saturated rings. The second-order valence-electron chi connectivity index (χ2n) is 6.58. The zero-order valence-electron chi connectivity index (χ0n) is 15.9. The van der Waals surface area contributed by atoms with Crippen LogP contribution in [0.4, 0.5) is 11.4 Å². The molecule has 0 aliphatic carbocycles. The average molecular weight is 362 g/mol. The first-order valence-corrected chi connectivity index (χ1v) is 8.67. The molecule has 0 saturated heterocycles. The SMILES string of the molecule is Cc1cccc(C)c1-n1c(C)cc(/C=N/Nc2ccc([N+](=O)[O-])cc2)c1C. The van der Waals surface area contributed by atoms with Crippen molar-refractivity contribution in [2.45, 2.75) is 27.7 Å². The number of hydrogen-bond donors (Lipinski definition) is 1. The van der Waals surface area contributed by atoms with Gasteiger partial charge in [-0.15, -0.1) is 0 Å². The number of rotatable bonds is 5. The molecule has 0 aliphatic heterocycles. The zero-order chi connectivity index (χ0) is 19.6. The summed E-state index contributed by atoms with van der Waals surface area (Å²) in [6.45, 7) is 8.39. The molecule has 138 valence electrons. The van der Waals surface area contributed by atoms with E-state index in [4.69, 9.17) is 0 Å². The Morgan fingerprint density at radius 3 is 2.26 bits per heavy atom. The average Bonchev–Trinajstić information content (AvgIpc) is 2.90. The van der Waals surface area contributed by atoms with Crippen LogP contribution in [0.1, 0.15) is 28.1 Å². The van der Waals surface area contributed by atoms with Gasteiger partial charge in [-0.2, -0.15) is 5.10 Å². The van der Waals surface area contributed by atoms with Crippen LogP contribution in [0.25, 0.3) is 5.69 Å². The molecule has 1 N–H and O–H groups in total. The Bertz CT molecular complexity index is 997. The van der Waals surface area contributed by atoms with Crippen molar-refractivity contribution in [2.24, 2.45) is 5.10 Å². The molecule has 6 heteroatoms. The number of aromatic nitrogens is 1. The maximum absolute atomic E-state index is 10.7. The summed E-state index contributed by atoms with van der Waals surface area (Å²) in [6, 6.07) is 14.6. The molecule has 0 amide bonds. The van der Waals surface area contributed by atoms with Gasteiger partial charge in [0.2, 0.25) is 0 Å². The van der Waals surface area contributed by atoms with E-state index >= 15 is 0 Å². The molecule has 0 unspecified atom stereocenters. The largest absolute Gasteiger partial charge is 0.317 e. The highest BCUT2D eigenvalue weighted by Crippen LogP contribution is 2.25. The Labute approximate surface area is 158 Å². The Morgan fingerprint density at radius 1 is 1.04 bits per heavy atom. The summed E-state index contributed by atoms with van der Waals surface area (Å²) in [5, 5.41) is 15.0. The van der Waals surface area contributed by atoms with E-state index in [1.165, 1.54) is 28.9 Å². The summed E-state index contributed by atoms with van der Waals surface area (Å²) in [5.74, 6) is 0. The first-order chi connectivity index (χ1) is 12.9. The van der Waals surface area contributed by atoms with Crippen LogP contribution in [-0.4, -0.2) is 15.7 Å². The Balaban J connectivity index is 1.84. The fraction of sp³-hybridized carbons (Fsp3) is 0.190. The van der Waals surface area contributed by atoms with Crippen LogP contribution in [0.15, 0.2) is 53.6 Å². The number of hydrogen-bond acceptors (Lipinski definition) is 4. The van der Waals surface area contributed by atoms with Crippen LogP contribution in [-0.2, 0) is 0 Å². The van der Waals surface area contributed by atoms with Crippen LogP contribution in [0.2, 0.25) is 0 Å². The van der Waals surface area contributed by atoms with E-state index in [1.807, 2.05) is 0 Å². The predicted octanol–water partition coefficient (Wildman–Crippen LogP) is 5.07. The highest BCUT2D eigenvalue weighted by molar-refractivity contribution is 5.83. The van der Waals surface area contributed by atoms with Gasteiger partial charge in [-0.05, 0) is 57.0 Å². The van der Waals surface area contributed by atoms with Crippen molar-refractivity contribution in [3.05, 3.63) is 86.7 Å². The molecule has 1 aromatic heterocycles. The van der Waals surface area contributed by atoms with Gasteiger partial charge in [-0.25, -0.2) is 0 Å². The number of benzene rings is 2. The van der Waals surface area contributed by atoms with E-state index in [-0.39, 0.29) is 5.69 Å². The molecule has 1 heterocycles. The summed E-state index contributed by atoms with van der Waals surface area (Å²) in [7, 11) is 0. The third-order valence-corrected chi connectivity index (χ3v) is 4.61. The second-order valence-corrected chi connectivity index (χ2v) is 6.58. The lowest BCUT2D eigenvalue weighted by Crippen LogP contribution is -2.04. The number of para-hydroxylation sites is 1.